The van der Waals surface area contributed by atoms with E-state index < -0.39 is 23.4 Å². The highest BCUT2D eigenvalue weighted by atomic mass is 19.1. The summed E-state index contributed by atoms with van der Waals surface area (Å²) in [6.07, 6.45) is 3.30. The van der Waals surface area contributed by atoms with E-state index in [1.165, 1.54) is 6.07 Å². The monoisotopic (exact) mass is 343 g/mol. The number of aryl methyl sites for hydroxylation is 1. The lowest BCUT2D eigenvalue weighted by Gasteiger charge is -2.09. The van der Waals surface area contributed by atoms with Gasteiger partial charge in [0.2, 0.25) is 0 Å². The molecule has 3 aromatic rings. The molecule has 3 rings (SSSR count). The molecule has 0 saturated carbocycles. The molecule has 8 heteroatoms. The summed E-state index contributed by atoms with van der Waals surface area (Å²) in [5.74, 6) is -1.67. The molecule has 0 aliphatic rings. The summed E-state index contributed by atoms with van der Waals surface area (Å²) in [7, 11) is 1.82. The molecule has 0 aliphatic heterocycles. The van der Waals surface area contributed by atoms with Crippen LogP contribution < -0.4 is 10.6 Å². The Hall–Kier alpha value is -3.29. The number of urea groups is 1. The molecular formula is C17H15F2N5O. The standard InChI is InChI=1S/C17H15F2N5O/c1-24-15(7-8-22-24)14-6-5-11(9-20-14)10-21-17(25)23-16-12(18)3-2-4-13(16)19/h2-9H,10H2,1H3,(H2,21,23,25). The topological polar surface area (TPSA) is 71.8 Å². The average molecular weight is 343 g/mol. The molecule has 6 nitrogen and oxygen atoms in total. The molecule has 2 heterocycles. The van der Waals surface area contributed by atoms with Gasteiger partial charge in [-0.2, -0.15) is 5.10 Å². The van der Waals surface area contributed by atoms with Gasteiger partial charge in [-0.25, -0.2) is 13.6 Å². The van der Waals surface area contributed by atoms with Gasteiger partial charge in [-0.05, 0) is 29.8 Å². The van der Waals surface area contributed by atoms with Gasteiger partial charge >= 0.3 is 6.03 Å². The molecule has 0 unspecified atom stereocenters. The van der Waals surface area contributed by atoms with E-state index in [1.54, 1.807) is 23.1 Å². The maximum Gasteiger partial charge on any atom is 0.319 e. The number of carbonyl (C=O) groups excluding carboxylic acids is 1. The van der Waals surface area contributed by atoms with Gasteiger partial charge in [-0.1, -0.05) is 12.1 Å². The minimum Gasteiger partial charge on any atom is -0.334 e. The van der Waals surface area contributed by atoms with Gasteiger partial charge < -0.3 is 10.6 Å². The summed E-state index contributed by atoms with van der Waals surface area (Å²) in [5.41, 5.74) is 1.88. The van der Waals surface area contributed by atoms with Crippen LogP contribution >= 0.6 is 0 Å². The molecular weight excluding hydrogens is 328 g/mol. The minimum atomic E-state index is -0.836. The van der Waals surface area contributed by atoms with E-state index >= 15 is 0 Å². The number of anilines is 1. The first-order valence-corrected chi connectivity index (χ1v) is 7.47. The van der Waals surface area contributed by atoms with Gasteiger partial charge in [0, 0.05) is 26.0 Å². The first kappa shape index (κ1) is 16.6. The Morgan fingerprint density at radius 3 is 2.52 bits per heavy atom. The third kappa shape index (κ3) is 3.79. The van der Waals surface area contributed by atoms with Crippen molar-refractivity contribution in [1.29, 1.82) is 0 Å². The fourth-order valence-electron chi connectivity index (χ4n) is 2.26. The van der Waals surface area contributed by atoms with Gasteiger partial charge in [0.25, 0.3) is 0 Å². The van der Waals surface area contributed by atoms with Crippen molar-refractivity contribution in [1.82, 2.24) is 20.1 Å². The van der Waals surface area contributed by atoms with E-state index in [-0.39, 0.29) is 6.54 Å². The van der Waals surface area contributed by atoms with Crippen molar-refractivity contribution >= 4 is 11.7 Å². The van der Waals surface area contributed by atoms with Gasteiger partial charge in [0.15, 0.2) is 0 Å². The van der Waals surface area contributed by atoms with Crippen LogP contribution in [0.25, 0.3) is 11.4 Å². The second-order valence-electron chi connectivity index (χ2n) is 5.30. The SMILES string of the molecule is Cn1nccc1-c1ccc(CNC(=O)Nc2c(F)cccc2F)cn1. The lowest BCUT2D eigenvalue weighted by molar-refractivity contribution is 0.251. The molecule has 2 amide bonds. The molecule has 0 fully saturated rings. The maximum absolute atomic E-state index is 13.5. The summed E-state index contributed by atoms with van der Waals surface area (Å²) < 4.78 is 28.7. The number of rotatable bonds is 4. The second-order valence-corrected chi connectivity index (χ2v) is 5.30. The molecule has 128 valence electrons. The van der Waals surface area contributed by atoms with E-state index in [2.05, 4.69) is 20.7 Å². The summed E-state index contributed by atoms with van der Waals surface area (Å²) >= 11 is 0. The summed E-state index contributed by atoms with van der Waals surface area (Å²) in [6, 6.07) is 8.11. The quantitative estimate of drug-likeness (QED) is 0.765. The molecule has 2 N–H and O–H groups in total. The van der Waals surface area contributed by atoms with E-state index in [1.807, 2.05) is 19.2 Å². The fourth-order valence-corrected chi connectivity index (χ4v) is 2.26. The third-order valence-electron chi connectivity index (χ3n) is 3.56. The van der Waals surface area contributed by atoms with Crippen LogP contribution in [0.1, 0.15) is 5.56 Å². The fraction of sp³-hybridized carbons (Fsp3) is 0.118. The summed E-state index contributed by atoms with van der Waals surface area (Å²) in [6.45, 7) is 0.167. The number of hydrogen-bond donors (Lipinski definition) is 2. The number of para-hydroxylation sites is 1. The second kappa shape index (κ2) is 7.08. The van der Waals surface area contributed by atoms with Crippen molar-refractivity contribution in [3.05, 3.63) is 66.0 Å². The highest BCUT2D eigenvalue weighted by molar-refractivity contribution is 5.89. The lowest BCUT2D eigenvalue weighted by atomic mass is 10.2. The molecule has 0 aliphatic carbocycles. The lowest BCUT2D eigenvalue weighted by Crippen LogP contribution is -2.29. The number of halogens is 2. The molecule has 1 aromatic carbocycles. The van der Waals surface area contributed by atoms with Crippen LogP contribution in [0.5, 0.6) is 0 Å². The van der Waals surface area contributed by atoms with Crippen LogP contribution in [-0.2, 0) is 13.6 Å². The van der Waals surface area contributed by atoms with Gasteiger partial charge in [-0.15, -0.1) is 0 Å². The maximum atomic E-state index is 13.5. The number of benzene rings is 1. The van der Waals surface area contributed by atoms with Crippen LogP contribution in [0.4, 0.5) is 19.3 Å². The summed E-state index contributed by atoms with van der Waals surface area (Å²) in [5, 5.41) is 8.76. The Kier molecular flexibility index (Phi) is 4.69. The van der Waals surface area contributed by atoms with Crippen molar-refractivity contribution in [2.24, 2.45) is 7.05 Å². The van der Waals surface area contributed by atoms with E-state index in [4.69, 9.17) is 0 Å². The van der Waals surface area contributed by atoms with Crippen molar-refractivity contribution in [2.45, 2.75) is 6.54 Å². The Morgan fingerprint density at radius 1 is 1.16 bits per heavy atom. The molecule has 25 heavy (non-hydrogen) atoms. The first-order valence-electron chi connectivity index (χ1n) is 7.47. The number of amides is 2. The highest BCUT2D eigenvalue weighted by Crippen LogP contribution is 2.18. The molecule has 0 bridgehead atoms. The Labute approximate surface area is 142 Å². The van der Waals surface area contributed by atoms with Crippen LogP contribution in [0.15, 0.2) is 48.8 Å². The molecule has 0 spiro atoms. The number of nitrogens with one attached hydrogen (secondary N) is 2. The Morgan fingerprint density at radius 2 is 1.92 bits per heavy atom. The van der Waals surface area contributed by atoms with Gasteiger partial charge in [0.1, 0.15) is 17.3 Å². The number of carbonyl (C=O) groups is 1. The van der Waals surface area contributed by atoms with Crippen molar-refractivity contribution in [2.75, 3.05) is 5.32 Å². The summed E-state index contributed by atoms with van der Waals surface area (Å²) in [4.78, 5) is 16.1. The zero-order valence-electron chi connectivity index (χ0n) is 13.3. The van der Waals surface area contributed by atoms with E-state index in [0.717, 1.165) is 29.1 Å². The average Bonchev–Trinajstić information content (AvgIpc) is 3.03. The highest BCUT2D eigenvalue weighted by Gasteiger charge is 2.11. The van der Waals surface area contributed by atoms with Crippen LogP contribution in [0, 0.1) is 11.6 Å². The zero-order valence-corrected chi connectivity index (χ0v) is 13.3. The number of pyridine rings is 1. The van der Waals surface area contributed by atoms with Crippen molar-refractivity contribution < 1.29 is 13.6 Å². The minimum absolute atomic E-state index is 0.167. The van der Waals surface area contributed by atoms with Crippen LogP contribution in [0.3, 0.4) is 0 Å². The predicted molar refractivity (Wildman–Crippen MR) is 88.7 cm³/mol. The number of hydrogen-bond acceptors (Lipinski definition) is 3. The van der Waals surface area contributed by atoms with Gasteiger partial charge in [0.05, 0.1) is 11.4 Å². The van der Waals surface area contributed by atoms with Crippen LogP contribution in [0.2, 0.25) is 0 Å². The Bertz CT molecular complexity index is 872. The molecule has 2 aromatic heterocycles. The van der Waals surface area contributed by atoms with E-state index in [0.29, 0.717) is 0 Å². The molecule has 0 radical (unpaired) electrons. The van der Waals surface area contributed by atoms with Crippen LogP contribution in [-0.4, -0.2) is 20.8 Å². The number of aromatic nitrogens is 3. The van der Waals surface area contributed by atoms with Crippen molar-refractivity contribution in [3.8, 4) is 11.4 Å². The largest absolute Gasteiger partial charge is 0.334 e. The predicted octanol–water partition coefficient (Wildman–Crippen LogP) is 3.08. The number of nitrogens with zero attached hydrogens (tertiary/aromatic N) is 3. The van der Waals surface area contributed by atoms with Crippen molar-refractivity contribution in [3.63, 3.8) is 0 Å². The Balaban J connectivity index is 1.60. The molecule has 0 saturated heterocycles. The normalized spacial score (nSPS) is 10.5. The smallest absolute Gasteiger partial charge is 0.319 e. The third-order valence-corrected chi connectivity index (χ3v) is 3.56. The zero-order chi connectivity index (χ0) is 17.8. The first-order chi connectivity index (χ1) is 12.0. The van der Waals surface area contributed by atoms with Gasteiger partial charge in [-0.3, -0.25) is 9.67 Å². The van der Waals surface area contributed by atoms with E-state index in [9.17, 15) is 13.6 Å². The molecule has 0 atom stereocenters.